The molecule has 0 aromatic carbocycles. The summed E-state index contributed by atoms with van der Waals surface area (Å²) in [6, 6.07) is 0. The molecule has 0 aliphatic carbocycles. The molecule has 0 unspecified atom stereocenters. The van der Waals surface area contributed by atoms with Gasteiger partial charge < -0.3 is 0 Å². The molecule has 0 spiro atoms. The molecule has 0 heterocycles. The van der Waals surface area contributed by atoms with Crippen molar-refractivity contribution >= 4 is 10.0 Å². The normalized spacial score (nSPS) is 13.6. The lowest BCUT2D eigenvalue weighted by Crippen LogP contribution is -2.33. The predicted molar refractivity (Wildman–Crippen MR) is 56.0 cm³/mol. The van der Waals surface area contributed by atoms with Gasteiger partial charge in [-0.15, -0.1) is 4.48 Å². The smallest absolute Gasteiger partial charge is 0.210 e. The summed E-state index contributed by atoms with van der Waals surface area (Å²) < 4.78 is 35.9. The Morgan fingerprint density at radius 3 is 2.14 bits per heavy atom. The summed E-state index contributed by atoms with van der Waals surface area (Å²) in [6.07, 6.45) is 1.26. The third-order valence-corrected chi connectivity index (χ3v) is 3.19. The van der Waals surface area contributed by atoms with Crippen molar-refractivity contribution in [2.75, 3.05) is 12.3 Å². The summed E-state index contributed by atoms with van der Waals surface area (Å²) in [4.78, 5) is 0. The highest BCUT2D eigenvalue weighted by atomic mass is 32.2. The SMILES string of the molecule is CCCCS(=O)(=O)N(F)CC(C)(C)C. The number of sulfonamides is 1. The Labute approximate surface area is 86.3 Å². The maximum Gasteiger partial charge on any atom is 0.240 e. The van der Waals surface area contributed by atoms with Crippen molar-refractivity contribution in [3.8, 4) is 0 Å². The van der Waals surface area contributed by atoms with Crippen LogP contribution in [-0.2, 0) is 10.0 Å². The molecule has 0 aromatic heterocycles. The van der Waals surface area contributed by atoms with Gasteiger partial charge in [0.15, 0.2) is 0 Å². The lowest BCUT2D eigenvalue weighted by atomic mass is 9.98. The van der Waals surface area contributed by atoms with Gasteiger partial charge >= 0.3 is 0 Å². The number of nitrogens with zero attached hydrogens (tertiary/aromatic N) is 1. The molecule has 86 valence electrons. The van der Waals surface area contributed by atoms with E-state index in [-0.39, 0.29) is 22.2 Å². The molecular formula is C9H20FNO2S. The lowest BCUT2D eigenvalue weighted by molar-refractivity contribution is 0.0942. The van der Waals surface area contributed by atoms with Crippen molar-refractivity contribution in [3.63, 3.8) is 0 Å². The number of unbranched alkanes of at least 4 members (excludes halogenated alkanes) is 1. The number of hydrogen-bond donors (Lipinski definition) is 0. The van der Waals surface area contributed by atoms with Crippen LogP contribution in [0, 0.1) is 5.41 Å². The van der Waals surface area contributed by atoms with E-state index in [4.69, 9.17) is 0 Å². The maximum absolute atomic E-state index is 13.2. The summed E-state index contributed by atoms with van der Waals surface area (Å²) in [5, 5.41) is 0. The van der Waals surface area contributed by atoms with Crippen LogP contribution in [0.25, 0.3) is 0 Å². The van der Waals surface area contributed by atoms with Gasteiger partial charge in [-0.1, -0.05) is 34.1 Å². The highest BCUT2D eigenvalue weighted by Crippen LogP contribution is 2.18. The largest absolute Gasteiger partial charge is 0.240 e. The standard InChI is InChI=1S/C9H20FNO2S/c1-5-6-7-14(12,13)11(10)8-9(2,3)4/h5-8H2,1-4H3. The minimum Gasteiger partial charge on any atom is -0.210 e. The van der Waals surface area contributed by atoms with Gasteiger partial charge in [0.05, 0.1) is 12.3 Å². The molecule has 0 radical (unpaired) electrons. The Morgan fingerprint density at radius 1 is 1.29 bits per heavy atom. The zero-order valence-corrected chi connectivity index (χ0v) is 10.2. The van der Waals surface area contributed by atoms with E-state index < -0.39 is 10.0 Å². The molecule has 0 atom stereocenters. The zero-order valence-electron chi connectivity index (χ0n) is 9.38. The van der Waals surface area contributed by atoms with E-state index in [9.17, 15) is 12.9 Å². The van der Waals surface area contributed by atoms with E-state index in [1.807, 2.05) is 6.92 Å². The van der Waals surface area contributed by atoms with Crippen molar-refractivity contribution < 1.29 is 12.9 Å². The number of hydrogen-bond acceptors (Lipinski definition) is 2. The Balaban J connectivity index is 4.30. The highest BCUT2D eigenvalue weighted by Gasteiger charge is 2.26. The molecule has 14 heavy (non-hydrogen) atoms. The zero-order chi connectivity index (χ0) is 11.4. The summed E-state index contributed by atoms with van der Waals surface area (Å²) >= 11 is 0. The van der Waals surface area contributed by atoms with Crippen molar-refractivity contribution in [2.45, 2.75) is 40.5 Å². The van der Waals surface area contributed by atoms with E-state index >= 15 is 0 Å². The fourth-order valence-electron chi connectivity index (χ4n) is 0.897. The first kappa shape index (κ1) is 13.8. The summed E-state index contributed by atoms with van der Waals surface area (Å²) in [6.45, 7) is 7.19. The van der Waals surface area contributed by atoms with Gasteiger partial charge in [-0.25, -0.2) is 8.42 Å². The van der Waals surface area contributed by atoms with Crippen LogP contribution in [0.5, 0.6) is 0 Å². The first-order chi connectivity index (χ1) is 6.19. The molecular weight excluding hydrogens is 205 g/mol. The van der Waals surface area contributed by atoms with Gasteiger partial charge in [0.25, 0.3) is 0 Å². The van der Waals surface area contributed by atoms with Gasteiger partial charge in [-0.2, -0.15) is 0 Å². The van der Waals surface area contributed by atoms with Crippen LogP contribution >= 0.6 is 0 Å². The molecule has 0 aromatic rings. The van der Waals surface area contributed by atoms with Gasteiger partial charge in [-0.3, -0.25) is 0 Å². The maximum atomic E-state index is 13.2. The molecule has 0 amide bonds. The van der Waals surface area contributed by atoms with E-state index in [0.29, 0.717) is 6.42 Å². The molecule has 0 saturated carbocycles. The van der Waals surface area contributed by atoms with Crippen molar-refractivity contribution in [1.82, 2.24) is 4.53 Å². The van der Waals surface area contributed by atoms with E-state index in [1.165, 1.54) is 0 Å². The summed E-state index contributed by atoms with van der Waals surface area (Å²) in [5.41, 5.74) is -0.353. The van der Waals surface area contributed by atoms with Crippen LogP contribution in [0.15, 0.2) is 0 Å². The second-order valence-electron chi connectivity index (χ2n) is 4.68. The third-order valence-electron chi connectivity index (χ3n) is 1.66. The van der Waals surface area contributed by atoms with Gasteiger partial charge in [0, 0.05) is 0 Å². The van der Waals surface area contributed by atoms with E-state index in [1.54, 1.807) is 20.8 Å². The summed E-state index contributed by atoms with van der Waals surface area (Å²) in [7, 11) is -3.69. The minimum absolute atomic E-state index is 0.0251. The average Bonchev–Trinajstić information content (AvgIpc) is 1.97. The van der Waals surface area contributed by atoms with Crippen LogP contribution in [0.1, 0.15) is 40.5 Å². The summed E-state index contributed by atoms with van der Waals surface area (Å²) in [5.74, 6) is -0.101. The molecule has 0 bridgehead atoms. The molecule has 5 heteroatoms. The topological polar surface area (TPSA) is 37.4 Å². The van der Waals surface area contributed by atoms with Crippen LogP contribution in [0.3, 0.4) is 0 Å². The lowest BCUT2D eigenvalue weighted by Gasteiger charge is -2.22. The average molecular weight is 225 g/mol. The van der Waals surface area contributed by atoms with Crippen LogP contribution < -0.4 is 0 Å². The molecule has 0 fully saturated rings. The monoisotopic (exact) mass is 225 g/mol. The first-order valence-corrected chi connectivity index (χ1v) is 6.46. The van der Waals surface area contributed by atoms with Crippen molar-refractivity contribution in [1.29, 1.82) is 0 Å². The van der Waals surface area contributed by atoms with Crippen LogP contribution in [0.2, 0.25) is 0 Å². The van der Waals surface area contributed by atoms with E-state index in [2.05, 4.69) is 0 Å². The minimum atomic E-state index is -3.69. The molecule has 0 saturated heterocycles. The Bertz CT molecular complexity index is 256. The van der Waals surface area contributed by atoms with E-state index in [0.717, 1.165) is 6.42 Å². The Kier molecular flexibility index (Phi) is 5.01. The van der Waals surface area contributed by atoms with Crippen LogP contribution in [-0.4, -0.2) is 25.2 Å². The molecule has 0 aliphatic heterocycles. The Morgan fingerprint density at radius 2 is 1.79 bits per heavy atom. The second-order valence-corrected chi connectivity index (χ2v) is 6.64. The second kappa shape index (κ2) is 5.07. The number of rotatable bonds is 5. The molecule has 0 N–H and O–H groups in total. The van der Waals surface area contributed by atoms with Gasteiger partial charge in [-0.05, 0) is 16.4 Å². The molecule has 0 aliphatic rings. The first-order valence-electron chi connectivity index (χ1n) is 4.85. The van der Waals surface area contributed by atoms with Crippen LogP contribution in [0.4, 0.5) is 4.48 Å². The van der Waals surface area contributed by atoms with Gasteiger partial charge in [0.1, 0.15) is 0 Å². The van der Waals surface area contributed by atoms with Crippen molar-refractivity contribution in [3.05, 3.63) is 0 Å². The highest BCUT2D eigenvalue weighted by molar-refractivity contribution is 7.88. The quantitative estimate of drug-likeness (QED) is 0.673. The number of halogens is 1. The molecule has 0 rings (SSSR count). The fourth-order valence-corrected chi connectivity index (χ4v) is 2.33. The fraction of sp³-hybridized carbons (Fsp3) is 1.00. The van der Waals surface area contributed by atoms with Gasteiger partial charge in [0.2, 0.25) is 10.0 Å². The van der Waals surface area contributed by atoms with Crippen molar-refractivity contribution in [2.24, 2.45) is 5.41 Å². The molecule has 3 nitrogen and oxygen atoms in total. The third kappa shape index (κ3) is 5.54. The Hall–Kier alpha value is -0.160. The predicted octanol–water partition coefficient (Wildman–Crippen LogP) is 2.35.